The highest BCUT2D eigenvalue weighted by molar-refractivity contribution is 5.99. The lowest BCUT2D eigenvalue weighted by atomic mass is 9.82. The molecule has 0 unspecified atom stereocenters. The molecule has 5 rings (SSSR count). The highest BCUT2D eigenvalue weighted by Gasteiger charge is 2.29. The molecule has 0 atom stereocenters. The van der Waals surface area contributed by atoms with E-state index in [-0.39, 0.29) is 24.1 Å². The van der Waals surface area contributed by atoms with Crippen LogP contribution in [0.25, 0.3) is 22.2 Å². The van der Waals surface area contributed by atoms with Crippen molar-refractivity contribution in [2.75, 3.05) is 13.1 Å². The Hall–Kier alpha value is -3.06. The number of likely N-dealkylation sites (tertiary alicyclic amines) is 1. The third kappa shape index (κ3) is 4.17. The maximum absolute atomic E-state index is 13.3. The summed E-state index contributed by atoms with van der Waals surface area (Å²) in [6.45, 7) is 1.20. The van der Waals surface area contributed by atoms with Gasteiger partial charge in [-0.2, -0.15) is 0 Å². The Bertz CT molecular complexity index is 1150. The molecule has 7 nitrogen and oxygen atoms in total. The van der Waals surface area contributed by atoms with Crippen LogP contribution >= 0.6 is 0 Å². The maximum Gasteiger partial charge on any atom is 0.335 e. The molecule has 1 aliphatic heterocycles. The van der Waals surface area contributed by atoms with Crippen LogP contribution in [0.5, 0.6) is 0 Å². The molecule has 1 aromatic carbocycles. The van der Waals surface area contributed by atoms with Gasteiger partial charge in [-0.1, -0.05) is 25.3 Å². The lowest BCUT2D eigenvalue weighted by molar-refractivity contribution is -0.133. The molecule has 2 N–H and O–H groups in total. The fraction of sp³-hybridized carbons (Fsp3) is 0.462. The molecule has 3 heterocycles. The van der Waals surface area contributed by atoms with E-state index in [1.165, 1.54) is 24.8 Å². The number of carboxylic acids is 1. The van der Waals surface area contributed by atoms with E-state index in [9.17, 15) is 19.8 Å². The number of carbonyl (C=O) groups is 2. The second-order valence-electron chi connectivity index (χ2n) is 9.34. The summed E-state index contributed by atoms with van der Waals surface area (Å²) in [6.07, 6.45) is 9.92. The Kier molecular flexibility index (Phi) is 5.98. The van der Waals surface area contributed by atoms with Crippen LogP contribution in [0.3, 0.4) is 0 Å². The average Bonchev–Trinajstić information content (AvgIpc) is 3.46. The number of hydrogen-bond donors (Lipinski definition) is 2. The number of aliphatic hydroxyl groups is 1. The fourth-order valence-electron chi connectivity index (χ4n) is 5.54. The van der Waals surface area contributed by atoms with Crippen LogP contribution in [-0.2, 0) is 11.3 Å². The fourth-order valence-corrected chi connectivity index (χ4v) is 5.54. The van der Waals surface area contributed by atoms with Crippen molar-refractivity contribution in [3.63, 3.8) is 0 Å². The van der Waals surface area contributed by atoms with Gasteiger partial charge in [0.05, 0.1) is 35.4 Å². The van der Waals surface area contributed by atoms with E-state index >= 15 is 0 Å². The Morgan fingerprint density at radius 1 is 1.03 bits per heavy atom. The number of amides is 1. The van der Waals surface area contributed by atoms with Crippen molar-refractivity contribution >= 4 is 22.8 Å². The summed E-state index contributed by atoms with van der Waals surface area (Å²) in [6, 6.07) is 7.18. The number of aromatic carboxylic acids is 1. The molecule has 174 valence electrons. The van der Waals surface area contributed by atoms with Crippen LogP contribution in [0.15, 0.2) is 41.2 Å². The van der Waals surface area contributed by atoms with Crippen molar-refractivity contribution in [2.24, 2.45) is 0 Å². The van der Waals surface area contributed by atoms with Gasteiger partial charge in [-0.15, -0.1) is 0 Å². The molecule has 1 saturated carbocycles. The molecule has 0 bridgehead atoms. The van der Waals surface area contributed by atoms with Crippen LogP contribution in [0.4, 0.5) is 0 Å². The van der Waals surface area contributed by atoms with E-state index in [1.54, 1.807) is 29.6 Å². The third-order valence-electron chi connectivity index (χ3n) is 7.27. The summed E-state index contributed by atoms with van der Waals surface area (Å²) in [4.78, 5) is 26.9. The minimum Gasteiger partial charge on any atom is -0.478 e. The van der Waals surface area contributed by atoms with Gasteiger partial charge in [0, 0.05) is 24.0 Å². The SMILES string of the molecule is O=C(O)c1ccc2c(C3CCCCC3)c(-c3ccoc3)n(CC(=O)N3CCC(O)CC3)c2c1. The topological polar surface area (TPSA) is 95.9 Å². The zero-order valence-electron chi connectivity index (χ0n) is 18.7. The minimum atomic E-state index is -0.981. The van der Waals surface area contributed by atoms with Crippen LogP contribution in [-0.4, -0.2) is 50.8 Å². The van der Waals surface area contributed by atoms with Gasteiger partial charge >= 0.3 is 5.97 Å². The number of fused-ring (bicyclic) bond motifs is 1. The predicted molar refractivity (Wildman–Crippen MR) is 124 cm³/mol. The molecule has 0 spiro atoms. The normalized spacial score (nSPS) is 18.2. The number of nitrogens with zero attached hydrogens (tertiary/aromatic N) is 2. The van der Waals surface area contributed by atoms with E-state index in [0.29, 0.717) is 31.8 Å². The molecule has 33 heavy (non-hydrogen) atoms. The monoisotopic (exact) mass is 450 g/mol. The summed E-state index contributed by atoms with van der Waals surface area (Å²) >= 11 is 0. The third-order valence-corrected chi connectivity index (χ3v) is 7.27. The van der Waals surface area contributed by atoms with Crippen molar-refractivity contribution in [1.82, 2.24) is 9.47 Å². The molecule has 2 aromatic heterocycles. The first-order valence-electron chi connectivity index (χ1n) is 11.9. The van der Waals surface area contributed by atoms with Crippen LogP contribution in [0.1, 0.15) is 66.8 Å². The molecule has 3 aromatic rings. The smallest absolute Gasteiger partial charge is 0.335 e. The van der Waals surface area contributed by atoms with E-state index in [4.69, 9.17) is 4.42 Å². The maximum atomic E-state index is 13.3. The van der Waals surface area contributed by atoms with Gasteiger partial charge in [0.1, 0.15) is 6.54 Å². The van der Waals surface area contributed by atoms with E-state index < -0.39 is 5.97 Å². The second-order valence-corrected chi connectivity index (χ2v) is 9.34. The Labute approximate surface area is 192 Å². The summed E-state index contributed by atoms with van der Waals surface area (Å²) < 4.78 is 7.42. The molecule has 2 aliphatic rings. The number of aliphatic hydroxyl groups excluding tert-OH is 1. The number of benzene rings is 1. The van der Waals surface area contributed by atoms with Crippen molar-refractivity contribution in [3.05, 3.63) is 47.9 Å². The first-order chi connectivity index (χ1) is 16.0. The minimum absolute atomic E-state index is 0.0144. The predicted octanol–water partition coefficient (Wildman–Crippen LogP) is 4.63. The standard InChI is InChI=1S/C26H30N2O5/c29-20-8-11-27(12-9-20)23(30)15-28-22-14-18(26(31)32)6-7-21(22)24(17-4-2-1-3-5-17)25(28)19-10-13-33-16-19/h6-7,10,13-14,16-17,20,29H,1-5,8-9,11-12,15H2,(H,31,32). The molecular weight excluding hydrogens is 420 g/mol. The van der Waals surface area contributed by atoms with Crippen molar-refractivity contribution < 1.29 is 24.2 Å². The highest BCUT2D eigenvalue weighted by Crippen LogP contribution is 2.44. The van der Waals surface area contributed by atoms with Gasteiger partial charge in [-0.05, 0) is 55.4 Å². The Balaban J connectivity index is 1.66. The Morgan fingerprint density at radius 2 is 1.79 bits per heavy atom. The largest absolute Gasteiger partial charge is 0.478 e. The van der Waals surface area contributed by atoms with Crippen LogP contribution in [0, 0.1) is 0 Å². The molecule has 1 amide bonds. The lowest BCUT2D eigenvalue weighted by Crippen LogP contribution is -2.41. The number of rotatable bonds is 5. The molecule has 2 fully saturated rings. The van der Waals surface area contributed by atoms with E-state index in [0.717, 1.165) is 35.0 Å². The van der Waals surface area contributed by atoms with Gasteiger partial charge in [0.25, 0.3) is 0 Å². The number of carbonyl (C=O) groups excluding carboxylic acids is 1. The zero-order valence-corrected chi connectivity index (χ0v) is 18.7. The molecular formula is C26H30N2O5. The van der Waals surface area contributed by atoms with E-state index in [2.05, 4.69) is 0 Å². The summed E-state index contributed by atoms with van der Waals surface area (Å²) in [5.41, 5.74) is 4.05. The number of furan rings is 1. The first-order valence-corrected chi connectivity index (χ1v) is 11.9. The van der Waals surface area contributed by atoms with Gasteiger partial charge in [-0.3, -0.25) is 4.79 Å². The molecule has 0 radical (unpaired) electrons. The summed E-state index contributed by atoms with van der Waals surface area (Å²) in [5.74, 6) is -0.632. The van der Waals surface area contributed by atoms with Gasteiger partial charge in [0.15, 0.2) is 0 Å². The van der Waals surface area contributed by atoms with Crippen molar-refractivity contribution in [1.29, 1.82) is 0 Å². The average molecular weight is 451 g/mol. The summed E-state index contributed by atoms with van der Waals surface area (Å²) in [5, 5.41) is 20.5. The molecule has 7 heteroatoms. The summed E-state index contributed by atoms with van der Waals surface area (Å²) in [7, 11) is 0. The van der Waals surface area contributed by atoms with Crippen molar-refractivity contribution in [2.45, 2.75) is 63.5 Å². The number of aromatic nitrogens is 1. The molecule has 1 saturated heterocycles. The van der Waals surface area contributed by atoms with Crippen LogP contribution in [0.2, 0.25) is 0 Å². The zero-order chi connectivity index (χ0) is 22.9. The number of hydrogen-bond acceptors (Lipinski definition) is 4. The van der Waals surface area contributed by atoms with E-state index in [1.807, 2.05) is 16.7 Å². The highest BCUT2D eigenvalue weighted by atomic mass is 16.4. The molecule has 1 aliphatic carbocycles. The second kappa shape index (κ2) is 9.06. The van der Waals surface area contributed by atoms with Gasteiger partial charge in [0.2, 0.25) is 5.91 Å². The Morgan fingerprint density at radius 3 is 2.45 bits per heavy atom. The van der Waals surface area contributed by atoms with Gasteiger partial charge < -0.3 is 24.1 Å². The first kappa shape index (κ1) is 21.8. The number of piperidine rings is 1. The lowest BCUT2D eigenvalue weighted by Gasteiger charge is -2.30. The quantitative estimate of drug-likeness (QED) is 0.591. The van der Waals surface area contributed by atoms with Crippen molar-refractivity contribution in [3.8, 4) is 11.3 Å². The van der Waals surface area contributed by atoms with Gasteiger partial charge in [-0.25, -0.2) is 4.79 Å². The van der Waals surface area contributed by atoms with Crippen LogP contribution < -0.4 is 0 Å². The number of carboxylic acid groups (broad SMARTS) is 1.